The molecule has 3 aromatic carbocycles. The molecule has 1 aliphatic heterocycles. The summed E-state index contributed by atoms with van der Waals surface area (Å²) >= 11 is 0. The SMILES string of the molecule is Cc1ccc(C(=O)Nc2ccc3c(c2)S(=O)(=O)N=C(c2ccco2)N3c2ccccc2)cc1C(F)(F)F. The first kappa shape index (κ1) is 24.3. The third-order valence-electron chi connectivity index (χ3n) is 5.72. The summed E-state index contributed by atoms with van der Waals surface area (Å²) in [6.45, 7) is 1.30. The van der Waals surface area contributed by atoms with E-state index < -0.39 is 27.7 Å². The van der Waals surface area contributed by atoms with Gasteiger partial charge >= 0.3 is 6.18 Å². The van der Waals surface area contributed by atoms with E-state index in [-0.39, 0.29) is 39.0 Å². The highest BCUT2D eigenvalue weighted by Gasteiger charge is 2.35. The number of fused-ring (bicyclic) bond motifs is 1. The highest BCUT2D eigenvalue weighted by molar-refractivity contribution is 7.90. The van der Waals surface area contributed by atoms with E-state index >= 15 is 0 Å². The lowest BCUT2D eigenvalue weighted by molar-refractivity contribution is -0.138. The third kappa shape index (κ3) is 4.60. The molecule has 0 fully saturated rings. The van der Waals surface area contributed by atoms with Gasteiger partial charge in [-0.05, 0) is 67.1 Å². The van der Waals surface area contributed by atoms with Gasteiger partial charge in [-0.2, -0.15) is 21.6 Å². The summed E-state index contributed by atoms with van der Waals surface area (Å²) in [4.78, 5) is 14.2. The van der Waals surface area contributed by atoms with E-state index in [0.29, 0.717) is 5.69 Å². The molecule has 5 rings (SSSR count). The quantitative estimate of drug-likeness (QED) is 0.345. The topological polar surface area (TPSA) is 92.0 Å². The summed E-state index contributed by atoms with van der Waals surface area (Å²) in [5, 5.41) is 2.48. The molecule has 0 atom stereocenters. The Morgan fingerprint density at radius 1 is 0.973 bits per heavy atom. The molecule has 0 saturated heterocycles. The Kier molecular flexibility index (Phi) is 5.87. The number of nitrogens with zero attached hydrogens (tertiary/aromatic N) is 2. The van der Waals surface area contributed by atoms with Gasteiger partial charge in [-0.1, -0.05) is 24.3 Å². The molecule has 0 spiro atoms. The van der Waals surface area contributed by atoms with Crippen molar-refractivity contribution in [1.29, 1.82) is 0 Å². The molecule has 1 N–H and O–H groups in total. The summed E-state index contributed by atoms with van der Waals surface area (Å²) in [7, 11) is -4.23. The van der Waals surface area contributed by atoms with Crippen LogP contribution in [0.4, 0.5) is 30.2 Å². The van der Waals surface area contributed by atoms with Gasteiger partial charge < -0.3 is 9.73 Å². The number of hydrogen-bond acceptors (Lipinski definition) is 5. The first-order valence-electron chi connectivity index (χ1n) is 10.9. The Labute approximate surface area is 209 Å². The summed E-state index contributed by atoms with van der Waals surface area (Å²) in [5.41, 5.74) is -0.208. The first-order chi connectivity index (χ1) is 17.5. The Bertz CT molecular complexity index is 1630. The summed E-state index contributed by atoms with van der Waals surface area (Å²) in [6.07, 6.45) is -3.22. The fourth-order valence-electron chi connectivity index (χ4n) is 3.97. The molecule has 4 aromatic rings. The molecule has 188 valence electrons. The van der Waals surface area contributed by atoms with E-state index in [1.54, 1.807) is 41.3 Å². The van der Waals surface area contributed by atoms with Gasteiger partial charge in [-0.15, -0.1) is 4.40 Å². The van der Waals surface area contributed by atoms with Crippen LogP contribution in [0.3, 0.4) is 0 Å². The number of amidine groups is 1. The number of alkyl halides is 3. The average Bonchev–Trinajstić information content (AvgIpc) is 3.39. The molecule has 0 bridgehead atoms. The number of aryl methyl sites for hydroxylation is 1. The summed E-state index contributed by atoms with van der Waals surface area (Å²) in [5.74, 6) is -0.534. The number of halogens is 3. The van der Waals surface area contributed by atoms with Crippen molar-refractivity contribution in [2.24, 2.45) is 4.40 Å². The number of carbonyl (C=O) groups is 1. The van der Waals surface area contributed by atoms with Crippen molar-refractivity contribution in [3.05, 3.63) is 108 Å². The minimum Gasteiger partial charge on any atom is -0.461 e. The number of nitrogens with one attached hydrogen (secondary N) is 1. The van der Waals surface area contributed by atoms with Crippen LogP contribution in [0, 0.1) is 6.92 Å². The molecule has 2 heterocycles. The van der Waals surface area contributed by atoms with Crippen LogP contribution < -0.4 is 10.2 Å². The zero-order chi connectivity index (χ0) is 26.4. The van der Waals surface area contributed by atoms with Gasteiger partial charge in [0.05, 0.1) is 17.5 Å². The van der Waals surface area contributed by atoms with Crippen molar-refractivity contribution < 1.29 is 30.8 Å². The van der Waals surface area contributed by atoms with E-state index in [9.17, 15) is 26.4 Å². The van der Waals surface area contributed by atoms with Gasteiger partial charge in [-0.3, -0.25) is 9.69 Å². The second-order valence-corrected chi connectivity index (χ2v) is 9.77. The maximum atomic E-state index is 13.3. The fourth-order valence-corrected chi connectivity index (χ4v) is 5.17. The van der Waals surface area contributed by atoms with Crippen molar-refractivity contribution in [2.75, 3.05) is 10.2 Å². The Morgan fingerprint density at radius 3 is 2.41 bits per heavy atom. The molecule has 0 aliphatic carbocycles. The Balaban J connectivity index is 1.55. The lowest BCUT2D eigenvalue weighted by atomic mass is 10.0. The van der Waals surface area contributed by atoms with Gasteiger partial charge in [0.25, 0.3) is 15.9 Å². The minimum absolute atomic E-state index is 0.0184. The van der Waals surface area contributed by atoms with Crippen molar-refractivity contribution in [3.63, 3.8) is 0 Å². The molecule has 11 heteroatoms. The van der Waals surface area contributed by atoms with E-state index in [0.717, 1.165) is 6.07 Å². The zero-order valence-corrected chi connectivity index (χ0v) is 20.0. The van der Waals surface area contributed by atoms with E-state index in [1.165, 1.54) is 43.5 Å². The summed E-state index contributed by atoms with van der Waals surface area (Å²) < 4.78 is 75.6. The van der Waals surface area contributed by atoms with E-state index in [4.69, 9.17) is 4.42 Å². The summed E-state index contributed by atoms with van der Waals surface area (Å²) in [6, 6.07) is 19.5. The smallest absolute Gasteiger partial charge is 0.416 e. The monoisotopic (exact) mass is 525 g/mol. The fraction of sp³-hybridized carbons (Fsp3) is 0.0769. The van der Waals surface area contributed by atoms with Gasteiger partial charge in [0, 0.05) is 16.9 Å². The highest BCUT2D eigenvalue weighted by Crippen LogP contribution is 2.40. The van der Waals surface area contributed by atoms with Gasteiger partial charge in [0.15, 0.2) is 11.6 Å². The lowest BCUT2D eigenvalue weighted by Gasteiger charge is -2.30. The van der Waals surface area contributed by atoms with Crippen LogP contribution in [0.15, 0.2) is 98.8 Å². The molecule has 7 nitrogen and oxygen atoms in total. The Hall–Kier alpha value is -4.38. The number of benzene rings is 3. The standard InChI is InChI=1S/C26H18F3N3O4S/c1-16-9-10-17(14-20(16)26(27,28)29)25(33)30-18-11-12-21-23(15-18)37(34,35)31-24(22-8-5-13-36-22)32(21)19-6-3-2-4-7-19/h2-15H,1H3,(H,30,33). The maximum Gasteiger partial charge on any atom is 0.416 e. The second-order valence-electron chi connectivity index (χ2n) is 8.20. The number of rotatable bonds is 4. The normalized spacial score (nSPS) is 14.6. The number of sulfonamides is 1. The minimum atomic E-state index is -4.62. The molecule has 0 unspecified atom stereocenters. The molecule has 1 aliphatic rings. The van der Waals surface area contributed by atoms with Crippen molar-refractivity contribution in [2.45, 2.75) is 18.0 Å². The molecule has 1 amide bonds. The Morgan fingerprint density at radius 2 is 1.73 bits per heavy atom. The lowest BCUT2D eigenvalue weighted by Crippen LogP contribution is -2.32. The van der Waals surface area contributed by atoms with Crippen molar-refractivity contribution in [3.8, 4) is 0 Å². The molecule has 37 heavy (non-hydrogen) atoms. The number of amides is 1. The molecule has 0 saturated carbocycles. The number of para-hydroxylation sites is 1. The number of carbonyl (C=O) groups excluding carboxylic acids is 1. The van der Waals surface area contributed by atoms with Gasteiger partial charge in [0.2, 0.25) is 0 Å². The first-order valence-corrected chi connectivity index (χ1v) is 12.4. The predicted molar refractivity (Wildman–Crippen MR) is 132 cm³/mol. The van der Waals surface area contributed by atoms with Crippen LogP contribution >= 0.6 is 0 Å². The third-order valence-corrected chi connectivity index (χ3v) is 7.01. The average molecular weight is 526 g/mol. The largest absolute Gasteiger partial charge is 0.461 e. The van der Waals surface area contributed by atoms with Crippen LogP contribution in [0.5, 0.6) is 0 Å². The second kappa shape index (κ2) is 8.93. The predicted octanol–water partition coefficient (Wildman–Crippen LogP) is 6.15. The molecule has 1 aromatic heterocycles. The molecule has 0 radical (unpaired) electrons. The van der Waals surface area contributed by atoms with Crippen molar-refractivity contribution >= 4 is 38.8 Å². The van der Waals surface area contributed by atoms with Crippen LogP contribution in [-0.4, -0.2) is 20.2 Å². The van der Waals surface area contributed by atoms with Crippen LogP contribution in [0.2, 0.25) is 0 Å². The molecular weight excluding hydrogens is 507 g/mol. The number of furan rings is 1. The van der Waals surface area contributed by atoms with E-state index in [2.05, 4.69) is 9.71 Å². The number of anilines is 3. The zero-order valence-electron chi connectivity index (χ0n) is 19.2. The molecular formula is C26H18F3N3O4S. The maximum absolute atomic E-state index is 13.3. The van der Waals surface area contributed by atoms with Crippen LogP contribution in [0.1, 0.15) is 27.2 Å². The van der Waals surface area contributed by atoms with Crippen LogP contribution in [0.25, 0.3) is 0 Å². The van der Waals surface area contributed by atoms with Gasteiger partial charge in [-0.25, -0.2) is 0 Å². The van der Waals surface area contributed by atoms with Gasteiger partial charge in [0.1, 0.15) is 4.90 Å². The van der Waals surface area contributed by atoms with Crippen LogP contribution in [-0.2, 0) is 16.2 Å². The van der Waals surface area contributed by atoms with E-state index in [1.807, 2.05) is 6.07 Å². The van der Waals surface area contributed by atoms with Crippen molar-refractivity contribution in [1.82, 2.24) is 0 Å². The highest BCUT2D eigenvalue weighted by atomic mass is 32.2. The number of hydrogen-bond donors (Lipinski definition) is 1.